The van der Waals surface area contributed by atoms with Crippen LogP contribution < -0.4 is 5.32 Å². The molecule has 1 fully saturated rings. The summed E-state index contributed by atoms with van der Waals surface area (Å²) in [6.07, 6.45) is 1.98. The second-order valence-electron chi connectivity index (χ2n) is 5.13. The molecule has 4 heteroatoms. The lowest BCUT2D eigenvalue weighted by Crippen LogP contribution is -2.57. The van der Waals surface area contributed by atoms with Crippen molar-refractivity contribution in [3.8, 4) is 0 Å². The summed E-state index contributed by atoms with van der Waals surface area (Å²) < 4.78 is 2.05. The van der Waals surface area contributed by atoms with E-state index < -0.39 is 0 Å². The van der Waals surface area contributed by atoms with Gasteiger partial charge >= 0.3 is 0 Å². The number of carbonyl (C=O) groups excluding carboxylic acids is 1. The van der Waals surface area contributed by atoms with E-state index in [9.17, 15) is 4.79 Å². The molecule has 1 aromatic heterocycles. The van der Waals surface area contributed by atoms with Crippen molar-refractivity contribution in [3.05, 3.63) is 59.9 Å². The zero-order valence-corrected chi connectivity index (χ0v) is 10.5. The van der Waals surface area contributed by atoms with Crippen LogP contribution in [-0.2, 0) is 12.2 Å². The van der Waals surface area contributed by atoms with Gasteiger partial charge in [0.15, 0.2) is 0 Å². The van der Waals surface area contributed by atoms with Crippen molar-refractivity contribution < 1.29 is 4.79 Å². The maximum atomic E-state index is 12.6. The third kappa shape index (κ3) is 1.35. The maximum Gasteiger partial charge on any atom is 0.272 e. The molecule has 4 nitrogen and oxygen atoms in total. The number of nitrogens with one attached hydrogen (secondary N) is 1. The molecule has 4 rings (SSSR count). The molecular weight excluding hydrogens is 238 g/mol. The molecule has 96 valence electrons. The van der Waals surface area contributed by atoms with E-state index in [0.717, 1.165) is 30.9 Å². The van der Waals surface area contributed by atoms with E-state index in [1.165, 1.54) is 0 Å². The Morgan fingerprint density at radius 3 is 2.79 bits per heavy atom. The second-order valence-corrected chi connectivity index (χ2v) is 5.13. The fraction of sp³-hybridized carbons (Fsp3) is 0.267. The predicted molar refractivity (Wildman–Crippen MR) is 71.6 cm³/mol. The number of nitrogens with zero attached hydrogens (tertiary/aromatic N) is 2. The molecule has 0 saturated carbocycles. The first-order valence-electron chi connectivity index (χ1n) is 6.59. The van der Waals surface area contributed by atoms with Crippen molar-refractivity contribution in [2.45, 2.75) is 12.2 Å². The smallest absolute Gasteiger partial charge is 0.272 e. The fourth-order valence-electron chi connectivity index (χ4n) is 3.27. The van der Waals surface area contributed by atoms with Crippen molar-refractivity contribution in [2.24, 2.45) is 0 Å². The summed E-state index contributed by atoms with van der Waals surface area (Å²) in [7, 11) is 0. The van der Waals surface area contributed by atoms with Crippen molar-refractivity contribution >= 4 is 5.91 Å². The van der Waals surface area contributed by atoms with Gasteiger partial charge in [0.1, 0.15) is 11.4 Å². The van der Waals surface area contributed by atoms with Gasteiger partial charge in [0.25, 0.3) is 5.91 Å². The fourth-order valence-corrected chi connectivity index (χ4v) is 3.27. The maximum absolute atomic E-state index is 12.6. The summed E-state index contributed by atoms with van der Waals surface area (Å²) in [5, 5.41) is 3.53. The lowest BCUT2D eigenvalue weighted by atomic mass is 9.96. The highest BCUT2D eigenvalue weighted by molar-refractivity contribution is 5.94. The standard InChI is InChI=1S/C15H15N3O/c19-14-13-7-4-9-17(13)11-15(16-8-10-18(14)15)12-5-2-1-3-6-12/h1-7,9,16H,8,10-11H2. The third-order valence-corrected chi connectivity index (χ3v) is 4.16. The first kappa shape index (κ1) is 10.8. The molecule has 1 N–H and O–H groups in total. The van der Waals surface area contributed by atoms with Gasteiger partial charge in [-0.15, -0.1) is 0 Å². The lowest BCUT2D eigenvalue weighted by molar-refractivity contribution is 0.0398. The van der Waals surface area contributed by atoms with Crippen LogP contribution >= 0.6 is 0 Å². The van der Waals surface area contributed by atoms with E-state index in [1.807, 2.05) is 46.0 Å². The van der Waals surface area contributed by atoms with E-state index in [0.29, 0.717) is 0 Å². The number of rotatable bonds is 1. The van der Waals surface area contributed by atoms with Gasteiger partial charge in [0.05, 0.1) is 6.54 Å². The SMILES string of the molecule is O=C1c2cccn2CC2(c3ccccc3)NCCN12. The number of amides is 1. The second kappa shape index (κ2) is 3.71. The van der Waals surface area contributed by atoms with E-state index >= 15 is 0 Å². The van der Waals surface area contributed by atoms with Gasteiger partial charge in [-0.1, -0.05) is 30.3 Å². The van der Waals surface area contributed by atoms with Crippen molar-refractivity contribution in [1.29, 1.82) is 0 Å². The first-order chi connectivity index (χ1) is 9.31. The molecule has 1 aromatic carbocycles. The van der Waals surface area contributed by atoms with Crippen LogP contribution in [0.5, 0.6) is 0 Å². The minimum absolute atomic E-state index is 0.116. The molecule has 2 aliphatic rings. The van der Waals surface area contributed by atoms with Gasteiger partial charge in [-0.25, -0.2) is 0 Å². The molecule has 1 unspecified atom stereocenters. The molecule has 2 aromatic rings. The van der Waals surface area contributed by atoms with E-state index in [-0.39, 0.29) is 11.6 Å². The highest BCUT2D eigenvalue weighted by atomic mass is 16.2. The number of aromatic nitrogens is 1. The zero-order chi connectivity index (χ0) is 12.9. The van der Waals surface area contributed by atoms with Gasteiger partial charge in [-0.05, 0) is 17.7 Å². The van der Waals surface area contributed by atoms with Crippen LogP contribution in [0.4, 0.5) is 0 Å². The number of hydrogen-bond donors (Lipinski definition) is 1. The summed E-state index contributed by atoms with van der Waals surface area (Å²) in [5.74, 6) is 0.116. The highest BCUT2D eigenvalue weighted by Gasteiger charge is 2.48. The Morgan fingerprint density at radius 2 is 1.95 bits per heavy atom. The van der Waals surface area contributed by atoms with Crippen molar-refractivity contribution in [1.82, 2.24) is 14.8 Å². The van der Waals surface area contributed by atoms with Crippen LogP contribution in [0.2, 0.25) is 0 Å². The summed E-state index contributed by atoms with van der Waals surface area (Å²) >= 11 is 0. The minimum Gasteiger partial charge on any atom is -0.339 e. The van der Waals surface area contributed by atoms with Gasteiger partial charge in [-0.3, -0.25) is 10.1 Å². The first-order valence-corrected chi connectivity index (χ1v) is 6.59. The van der Waals surface area contributed by atoms with E-state index in [2.05, 4.69) is 17.4 Å². The number of benzene rings is 1. The van der Waals surface area contributed by atoms with E-state index in [1.54, 1.807) is 0 Å². The quantitative estimate of drug-likeness (QED) is 0.834. The molecule has 0 spiro atoms. The molecule has 1 amide bonds. The number of hydrogen-bond acceptors (Lipinski definition) is 2. The summed E-state index contributed by atoms with van der Waals surface area (Å²) in [6, 6.07) is 14.1. The average Bonchev–Trinajstić information content (AvgIpc) is 3.07. The topological polar surface area (TPSA) is 37.3 Å². The molecule has 3 heterocycles. The summed E-state index contributed by atoms with van der Waals surface area (Å²) in [5.41, 5.74) is 1.56. The number of carbonyl (C=O) groups is 1. The van der Waals surface area contributed by atoms with Gasteiger partial charge in [0, 0.05) is 19.3 Å². The van der Waals surface area contributed by atoms with Crippen LogP contribution in [0.15, 0.2) is 48.7 Å². The zero-order valence-electron chi connectivity index (χ0n) is 10.5. The average molecular weight is 253 g/mol. The molecular formula is C15H15N3O. The van der Waals surface area contributed by atoms with E-state index in [4.69, 9.17) is 0 Å². The van der Waals surface area contributed by atoms with Gasteiger partial charge < -0.3 is 9.47 Å². The largest absolute Gasteiger partial charge is 0.339 e. The van der Waals surface area contributed by atoms with Gasteiger partial charge in [-0.2, -0.15) is 0 Å². The lowest BCUT2D eigenvalue weighted by Gasteiger charge is -2.42. The molecule has 1 saturated heterocycles. The van der Waals surface area contributed by atoms with Crippen LogP contribution in [0.3, 0.4) is 0 Å². The Labute approximate surface area is 111 Å². The summed E-state index contributed by atoms with van der Waals surface area (Å²) in [4.78, 5) is 14.6. The Hall–Kier alpha value is -2.07. The third-order valence-electron chi connectivity index (χ3n) is 4.16. The van der Waals surface area contributed by atoms with Gasteiger partial charge in [0.2, 0.25) is 0 Å². The van der Waals surface area contributed by atoms with Crippen LogP contribution in [0, 0.1) is 0 Å². The normalized spacial score (nSPS) is 25.3. The molecule has 0 radical (unpaired) electrons. The van der Waals surface area contributed by atoms with Crippen molar-refractivity contribution in [3.63, 3.8) is 0 Å². The molecule has 1 atom stereocenters. The molecule has 0 aliphatic carbocycles. The van der Waals surface area contributed by atoms with Crippen LogP contribution in [-0.4, -0.2) is 28.5 Å². The van der Waals surface area contributed by atoms with Crippen LogP contribution in [0.1, 0.15) is 16.1 Å². The Bertz CT molecular complexity index is 634. The monoisotopic (exact) mass is 253 g/mol. The van der Waals surface area contributed by atoms with Crippen LogP contribution in [0.25, 0.3) is 0 Å². The minimum atomic E-state index is -0.385. The Balaban J connectivity index is 1.90. The predicted octanol–water partition coefficient (Wildman–Crippen LogP) is 1.40. The Morgan fingerprint density at radius 1 is 1.11 bits per heavy atom. The Kier molecular flexibility index (Phi) is 2.11. The van der Waals surface area contributed by atoms with Crippen molar-refractivity contribution in [2.75, 3.05) is 13.1 Å². The molecule has 19 heavy (non-hydrogen) atoms. The molecule has 0 bridgehead atoms. The highest BCUT2D eigenvalue weighted by Crippen LogP contribution is 2.36. The number of fused-ring (bicyclic) bond motifs is 2. The summed E-state index contributed by atoms with van der Waals surface area (Å²) in [6.45, 7) is 2.37. The molecule has 2 aliphatic heterocycles.